The third-order valence-electron chi connectivity index (χ3n) is 1.31. The molecular formula is C6H11NOS. The number of thioether (sulfide) groups is 1. The number of aliphatic hydroxyl groups excluding tert-OH is 1. The zero-order valence-corrected chi connectivity index (χ0v) is 6.32. The third kappa shape index (κ3) is 1.99. The van der Waals surface area contributed by atoms with Gasteiger partial charge in [-0.2, -0.15) is 0 Å². The van der Waals surface area contributed by atoms with Gasteiger partial charge in [-0.15, -0.1) is 11.8 Å². The van der Waals surface area contributed by atoms with Crippen LogP contribution in [0.4, 0.5) is 0 Å². The van der Waals surface area contributed by atoms with E-state index in [9.17, 15) is 0 Å². The molecule has 0 aromatic rings. The molecule has 3 heteroatoms. The van der Waals surface area contributed by atoms with Crippen LogP contribution in [0.25, 0.3) is 0 Å². The van der Waals surface area contributed by atoms with Crippen molar-refractivity contribution >= 4 is 16.8 Å². The first-order valence-electron chi connectivity index (χ1n) is 3.11. The molecular weight excluding hydrogens is 134 g/mol. The SMILES string of the molecule is CC1=NCC(CCO)S1. The predicted molar refractivity (Wildman–Crippen MR) is 41.1 cm³/mol. The van der Waals surface area contributed by atoms with Gasteiger partial charge in [-0.25, -0.2) is 0 Å². The molecule has 1 aliphatic heterocycles. The van der Waals surface area contributed by atoms with E-state index in [1.54, 1.807) is 11.8 Å². The fourth-order valence-corrected chi connectivity index (χ4v) is 1.84. The Labute approximate surface area is 59.4 Å². The van der Waals surface area contributed by atoms with Gasteiger partial charge in [-0.1, -0.05) is 0 Å². The molecule has 0 aromatic heterocycles. The molecule has 1 aliphatic rings. The summed E-state index contributed by atoms with van der Waals surface area (Å²) in [6.45, 7) is 3.21. The lowest BCUT2D eigenvalue weighted by Crippen LogP contribution is -2.04. The van der Waals surface area contributed by atoms with Gasteiger partial charge in [0.25, 0.3) is 0 Å². The molecule has 0 aromatic carbocycles. The van der Waals surface area contributed by atoms with Gasteiger partial charge in [0.05, 0.1) is 11.6 Å². The average molecular weight is 145 g/mol. The molecule has 0 saturated carbocycles. The third-order valence-corrected chi connectivity index (χ3v) is 2.49. The summed E-state index contributed by atoms with van der Waals surface area (Å²) >= 11 is 1.78. The van der Waals surface area contributed by atoms with Gasteiger partial charge in [0.2, 0.25) is 0 Å². The smallest absolute Gasteiger partial charge is 0.0648 e. The number of aliphatic imine (C=N–C) groups is 1. The molecule has 1 heterocycles. The second kappa shape index (κ2) is 3.22. The Morgan fingerprint density at radius 1 is 1.89 bits per heavy atom. The highest BCUT2D eigenvalue weighted by molar-refractivity contribution is 8.14. The summed E-state index contributed by atoms with van der Waals surface area (Å²) < 4.78 is 0. The summed E-state index contributed by atoms with van der Waals surface area (Å²) in [7, 11) is 0. The van der Waals surface area contributed by atoms with Gasteiger partial charge in [0.1, 0.15) is 0 Å². The molecule has 0 fully saturated rings. The van der Waals surface area contributed by atoms with Crippen molar-refractivity contribution < 1.29 is 5.11 Å². The van der Waals surface area contributed by atoms with E-state index in [4.69, 9.17) is 5.11 Å². The Morgan fingerprint density at radius 3 is 3.11 bits per heavy atom. The molecule has 9 heavy (non-hydrogen) atoms. The molecule has 1 atom stereocenters. The molecule has 0 radical (unpaired) electrons. The van der Waals surface area contributed by atoms with Gasteiger partial charge >= 0.3 is 0 Å². The fraction of sp³-hybridized carbons (Fsp3) is 0.833. The van der Waals surface area contributed by atoms with Crippen LogP contribution in [0.15, 0.2) is 4.99 Å². The maximum atomic E-state index is 8.55. The van der Waals surface area contributed by atoms with Crippen molar-refractivity contribution in [2.75, 3.05) is 13.2 Å². The fourth-order valence-electron chi connectivity index (χ4n) is 0.840. The lowest BCUT2D eigenvalue weighted by atomic mass is 10.3. The number of rotatable bonds is 2. The molecule has 0 saturated heterocycles. The summed E-state index contributed by atoms with van der Waals surface area (Å²) in [5.41, 5.74) is 0. The molecule has 52 valence electrons. The summed E-state index contributed by atoms with van der Waals surface area (Å²) in [5.74, 6) is 0. The quantitative estimate of drug-likeness (QED) is 0.626. The van der Waals surface area contributed by atoms with Crippen LogP contribution < -0.4 is 0 Å². The van der Waals surface area contributed by atoms with Crippen molar-refractivity contribution in [3.63, 3.8) is 0 Å². The van der Waals surface area contributed by atoms with Gasteiger partial charge < -0.3 is 5.11 Å². The zero-order valence-electron chi connectivity index (χ0n) is 5.50. The van der Waals surface area contributed by atoms with E-state index in [0.29, 0.717) is 11.9 Å². The van der Waals surface area contributed by atoms with Crippen molar-refractivity contribution in [1.82, 2.24) is 0 Å². The highest BCUT2D eigenvalue weighted by atomic mass is 32.2. The van der Waals surface area contributed by atoms with Crippen LogP contribution in [0.3, 0.4) is 0 Å². The Bertz CT molecular complexity index is 124. The highest BCUT2D eigenvalue weighted by Gasteiger charge is 2.14. The van der Waals surface area contributed by atoms with Crippen molar-refractivity contribution in [3.05, 3.63) is 0 Å². The van der Waals surface area contributed by atoms with Crippen molar-refractivity contribution in [1.29, 1.82) is 0 Å². The Morgan fingerprint density at radius 2 is 2.67 bits per heavy atom. The monoisotopic (exact) mass is 145 g/mol. The largest absolute Gasteiger partial charge is 0.396 e. The second-order valence-corrected chi connectivity index (χ2v) is 3.61. The molecule has 1 rings (SSSR count). The topological polar surface area (TPSA) is 32.6 Å². The van der Waals surface area contributed by atoms with Crippen LogP contribution in [-0.2, 0) is 0 Å². The summed E-state index contributed by atoms with van der Waals surface area (Å²) in [6, 6.07) is 0. The highest BCUT2D eigenvalue weighted by Crippen LogP contribution is 2.22. The van der Waals surface area contributed by atoms with E-state index >= 15 is 0 Å². The van der Waals surface area contributed by atoms with E-state index in [2.05, 4.69) is 4.99 Å². The Hall–Kier alpha value is -0.0200. The van der Waals surface area contributed by atoms with E-state index < -0.39 is 0 Å². The first-order valence-corrected chi connectivity index (χ1v) is 3.99. The van der Waals surface area contributed by atoms with Crippen molar-refractivity contribution in [2.24, 2.45) is 4.99 Å². The first-order chi connectivity index (χ1) is 4.33. The minimum absolute atomic E-state index is 0.292. The minimum atomic E-state index is 0.292. The van der Waals surface area contributed by atoms with Crippen LogP contribution in [-0.4, -0.2) is 28.6 Å². The summed E-state index contributed by atoms with van der Waals surface area (Å²) in [4.78, 5) is 4.20. The molecule has 1 unspecified atom stereocenters. The Balaban J connectivity index is 2.21. The van der Waals surface area contributed by atoms with Crippen LogP contribution in [0.2, 0.25) is 0 Å². The number of hydrogen-bond donors (Lipinski definition) is 1. The predicted octanol–water partition coefficient (Wildman–Crippen LogP) is 0.903. The van der Waals surface area contributed by atoms with Gasteiger partial charge in [0, 0.05) is 11.9 Å². The number of nitrogens with zero attached hydrogens (tertiary/aromatic N) is 1. The first kappa shape index (κ1) is 7.09. The molecule has 0 amide bonds. The maximum absolute atomic E-state index is 8.55. The normalized spacial score (nSPS) is 26.4. The van der Waals surface area contributed by atoms with Crippen LogP contribution in [0.1, 0.15) is 13.3 Å². The Kier molecular flexibility index (Phi) is 2.54. The van der Waals surface area contributed by atoms with Gasteiger partial charge in [0.15, 0.2) is 0 Å². The zero-order chi connectivity index (χ0) is 6.69. The lowest BCUT2D eigenvalue weighted by Gasteiger charge is -2.02. The lowest BCUT2D eigenvalue weighted by molar-refractivity contribution is 0.288. The molecule has 1 N–H and O–H groups in total. The van der Waals surface area contributed by atoms with Crippen LogP contribution in [0, 0.1) is 0 Å². The van der Waals surface area contributed by atoms with Crippen LogP contribution in [0.5, 0.6) is 0 Å². The van der Waals surface area contributed by atoms with E-state index in [1.165, 1.54) is 0 Å². The van der Waals surface area contributed by atoms with Crippen molar-refractivity contribution in [3.8, 4) is 0 Å². The summed E-state index contributed by atoms with van der Waals surface area (Å²) in [5, 5.41) is 10.3. The molecule has 2 nitrogen and oxygen atoms in total. The van der Waals surface area contributed by atoms with E-state index in [-0.39, 0.29) is 0 Å². The second-order valence-electron chi connectivity index (χ2n) is 2.11. The molecule has 0 aliphatic carbocycles. The number of aliphatic hydroxyl groups is 1. The molecule has 0 spiro atoms. The van der Waals surface area contributed by atoms with Gasteiger partial charge in [-0.3, -0.25) is 4.99 Å². The maximum Gasteiger partial charge on any atom is 0.0648 e. The number of hydrogen-bond acceptors (Lipinski definition) is 3. The summed E-state index contributed by atoms with van der Waals surface area (Å²) in [6.07, 6.45) is 0.880. The average Bonchev–Trinajstić information content (AvgIpc) is 2.17. The van der Waals surface area contributed by atoms with E-state index in [0.717, 1.165) is 18.0 Å². The molecule has 0 bridgehead atoms. The van der Waals surface area contributed by atoms with Crippen LogP contribution >= 0.6 is 11.8 Å². The van der Waals surface area contributed by atoms with E-state index in [1.807, 2.05) is 6.92 Å². The standard InChI is InChI=1S/C6H11NOS/c1-5-7-4-6(9-5)2-3-8/h6,8H,2-4H2,1H3. The van der Waals surface area contributed by atoms with Gasteiger partial charge in [-0.05, 0) is 13.3 Å². The van der Waals surface area contributed by atoms with Crippen molar-refractivity contribution in [2.45, 2.75) is 18.6 Å². The minimum Gasteiger partial charge on any atom is -0.396 e.